The average molecular weight is 363 g/mol. The number of piperidine rings is 1. The number of anilines is 1. The van der Waals surface area contributed by atoms with E-state index < -0.39 is 0 Å². The van der Waals surface area contributed by atoms with Gasteiger partial charge in [-0.15, -0.1) is 0 Å². The van der Waals surface area contributed by atoms with Crippen LogP contribution >= 0.6 is 0 Å². The first kappa shape index (κ1) is 16.6. The van der Waals surface area contributed by atoms with Crippen molar-refractivity contribution in [1.82, 2.24) is 29.6 Å². The second kappa shape index (κ2) is 6.56. The van der Waals surface area contributed by atoms with Gasteiger partial charge < -0.3 is 4.90 Å². The molecule has 2 aliphatic heterocycles. The molecule has 27 heavy (non-hydrogen) atoms. The summed E-state index contributed by atoms with van der Waals surface area (Å²) in [6.07, 6.45) is 5.74. The van der Waals surface area contributed by atoms with Crippen molar-refractivity contribution < 1.29 is 0 Å². The minimum Gasteiger partial charge on any atom is -0.353 e. The molecule has 0 bridgehead atoms. The smallest absolute Gasteiger partial charge is 0.182 e. The van der Waals surface area contributed by atoms with Crippen LogP contribution in [-0.2, 0) is 7.05 Å². The Morgan fingerprint density at radius 1 is 1.07 bits per heavy atom. The van der Waals surface area contributed by atoms with Crippen LogP contribution in [0.25, 0.3) is 22.6 Å². The maximum absolute atomic E-state index is 4.99. The molecule has 0 amide bonds. The van der Waals surface area contributed by atoms with E-state index >= 15 is 0 Å². The van der Waals surface area contributed by atoms with E-state index in [4.69, 9.17) is 9.97 Å². The van der Waals surface area contributed by atoms with E-state index in [-0.39, 0.29) is 0 Å². The van der Waals surface area contributed by atoms with Crippen molar-refractivity contribution in [3.8, 4) is 11.5 Å². The van der Waals surface area contributed by atoms with Crippen LogP contribution in [0.4, 0.5) is 5.82 Å². The molecule has 0 unspecified atom stereocenters. The summed E-state index contributed by atoms with van der Waals surface area (Å²) in [5, 5.41) is 5.69. The SMILES string of the molecule is Cc1nn(C)c2nc(-c3ccccn3)nc(N3CCN4CCCC[C@H]4C3)c12. The van der Waals surface area contributed by atoms with Gasteiger partial charge in [-0.3, -0.25) is 14.6 Å². The van der Waals surface area contributed by atoms with Gasteiger partial charge in [-0.05, 0) is 38.4 Å². The molecule has 0 aliphatic carbocycles. The van der Waals surface area contributed by atoms with Gasteiger partial charge in [0.05, 0.1) is 11.1 Å². The van der Waals surface area contributed by atoms with E-state index in [1.165, 1.54) is 25.8 Å². The van der Waals surface area contributed by atoms with Gasteiger partial charge in [-0.1, -0.05) is 12.5 Å². The van der Waals surface area contributed by atoms with Crippen LogP contribution in [0.1, 0.15) is 25.0 Å². The Labute approximate surface area is 159 Å². The van der Waals surface area contributed by atoms with Gasteiger partial charge in [0.2, 0.25) is 0 Å². The van der Waals surface area contributed by atoms with Gasteiger partial charge in [0.1, 0.15) is 11.5 Å². The van der Waals surface area contributed by atoms with Crippen LogP contribution in [0.3, 0.4) is 0 Å². The topological polar surface area (TPSA) is 63.0 Å². The fraction of sp³-hybridized carbons (Fsp3) is 0.500. The standard InChI is InChI=1S/C20H25N7/c1-14-17-19(25(2)24-14)22-18(16-8-3-5-9-21-16)23-20(17)27-12-11-26-10-6-4-7-15(26)13-27/h3,5,8-9,15H,4,6-7,10-13H2,1-2H3/t15-/m0/s1. The molecule has 2 aliphatic rings. The van der Waals surface area contributed by atoms with Crippen molar-refractivity contribution in [2.45, 2.75) is 32.2 Å². The van der Waals surface area contributed by atoms with Crippen LogP contribution in [0.2, 0.25) is 0 Å². The molecule has 0 N–H and O–H groups in total. The maximum atomic E-state index is 4.99. The highest BCUT2D eigenvalue weighted by Crippen LogP contribution is 2.32. The minimum atomic E-state index is 0.632. The third kappa shape index (κ3) is 2.86. The molecule has 0 spiro atoms. The summed E-state index contributed by atoms with van der Waals surface area (Å²) in [4.78, 5) is 19.3. The number of aromatic nitrogens is 5. The Balaban J connectivity index is 1.62. The summed E-state index contributed by atoms with van der Waals surface area (Å²) >= 11 is 0. The molecule has 7 nitrogen and oxygen atoms in total. The van der Waals surface area contributed by atoms with Gasteiger partial charge in [0.25, 0.3) is 0 Å². The summed E-state index contributed by atoms with van der Waals surface area (Å²) in [5.74, 6) is 1.68. The van der Waals surface area contributed by atoms with E-state index in [2.05, 4.69) is 19.9 Å². The van der Waals surface area contributed by atoms with Crippen molar-refractivity contribution in [2.75, 3.05) is 31.1 Å². The third-order valence-electron chi connectivity index (χ3n) is 5.87. The molecule has 140 valence electrons. The Bertz CT molecular complexity index is 965. The first-order chi connectivity index (χ1) is 13.2. The van der Waals surface area contributed by atoms with Crippen molar-refractivity contribution >= 4 is 16.9 Å². The van der Waals surface area contributed by atoms with Crippen molar-refractivity contribution in [3.05, 3.63) is 30.1 Å². The monoisotopic (exact) mass is 363 g/mol. The highest BCUT2D eigenvalue weighted by Gasteiger charge is 2.31. The third-order valence-corrected chi connectivity index (χ3v) is 5.87. The zero-order chi connectivity index (χ0) is 18.4. The fourth-order valence-corrected chi connectivity index (χ4v) is 4.50. The molecule has 1 atom stereocenters. The highest BCUT2D eigenvalue weighted by atomic mass is 15.3. The van der Waals surface area contributed by atoms with Gasteiger partial charge in [-0.2, -0.15) is 5.10 Å². The van der Waals surface area contributed by atoms with Crippen molar-refractivity contribution in [2.24, 2.45) is 7.05 Å². The van der Waals surface area contributed by atoms with Crippen molar-refractivity contribution in [1.29, 1.82) is 0 Å². The molecule has 0 saturated carbocycles. The Kier molecular flexibility index (Phi) is 4.04. The molecule has 2 saturated heterocycles. The summed E-state index contributed by atoms with van der Waals surface area (Å²) in [7, 11) is 1.95. The van der Waals surface area contributed by atoms with Crippen LogP contribution in [-0.4, -0.2) is 61.9 Å². The molecular formula is C20H25N7. The van der Waals surface area contributed by atoms with Crippen LogP contribution < -0.4 is 4.90 Å². The number of aryl methyl sites for hydroxylation is 2. The van der Waals surface area contributed by atoms with E-state index in [1.807, 2.05) is 36.9 Å². The molecule has 2 fully saturated rings. The summed E-state index contributed by atoms with van der Waals surface area (Å²) < 4.78 is 1.86. The number of piperazine rings is 1. The maximum Gasteiger partial charge on any atom is 0.182 e. The van der Waals surface area contributed by atoms with E-state index in [0.717, 1.165) is 47.9 Å². The summed E-state index contributed by atoms with van der Waals surface area (Å²) in [6, 6.07) is 6.49. The Morgan fingerprint density at radius 2 is 2.00 bits per heavy atom. The molecule has 5 rings (SSSR count). The second-order valence-electron chi connectivity index (χ2n) is 7.63. The van der Waals surface area contributed by atoms with Crippen LogP contribution in [0, 0.1) is 6.92 Å². The normalized spacial score (nSPS) is 20.8. The zero-order valence-electron chi connectivity index (χ0n) is 16.0. The number of hydrogen-bond acceptors (Lipinski definition) is 6. The lowest BCUT2D eigenvalue weighted by Gasteiger charge is -2.44. The minimum absolute atomic E-state index is 0.632. The zero-order valence-corrected chi connectivity index (χ0v) is 16.0. The highest BCUT2D eigenvalue weighted by molar-refractivity contribution is 5.91. The molecule has 3 aromatic heterocycles. The van der Waals surface area contributed by atoms with Crippen molar-refractivity contribution in [3.63, 3.8) is 0 Å². The predicted octanol–water partition coefficient (Wildman–Crippen LogP) is 2.41. The second-order valence-corrected chi connectivity index (χ2v) is 7.63. The van der Waals surface area contributed by atoms with Gasteiger partial charge >= 0.3 is 0 Å². The predicted molar refractivity (Wildman–Crippen MR) is 106 cm³/mol. The quantitative estimate of drug-likeness (QED) is 0.697. The van der Waals surface area contributed by atoms with Gasteiger partial charge in [-0.25, -0.2) is 9.97 Å². The summed E-state index contributed by atoms with van der Waals surface area (Å²) in [5.41, 5.74) is 2.67. The van der Waals surface area contributed by atoms with Gasteiger partial charge in [0.15, 0.2) is 11.5 Å². The molecule has 3 aromatic rings. The average Bonchev–Trinajstić information content (AvgIpc) is 3.01. The Hall–Kier alpha value is -2.54. The van der Waals surface area contributed by atoms with Crippen LogP contribution in [0.5, 0.6) is 0 Å². The lowest BCUT2D eigenvalue weighted by molar-refractivity contribution is 0.133. The number of rotatable bonds is 2. The Morgan fingerprint density at radius 3 is 2.85 bits per heavy atom. The largest absolute Gasteiger partial charge is 0.353 e. The molecule has 0 aromatic carbocycles. The lowest BCUT2D eigenvalue weighted by Crippen LogP contribution is -2.55. The lowest BCUT2D eigenvalue weighted by atomic mass is 9.99. The fourth-order valence-electron chi connectivity index (χ4n) is 4.50. The van der Waals surface area contributed by atoms with E-state index in [0.29, 0.717) is 11.9 Å². The van der Waals surface area contributed by atoms with Gasteiger partial charge in [0, 0.05) is 38.9 Å². The number of pyridine rings is 1. The molecule has 7 heteroatoms. The van der Waals surface area contributed by atoms with E-state index in [1.54, 1.807) is 6.20 Å². The number of fused-ring (bicyclic) bond motifs is 2. The number of hydrogen-bond donors (Lipinski definition) is 0. The summed E-state index contributed by atoms with van der Waals surface area (Å²) in [6.45, 7) is 6.42. The van der Waals surface area contributed by atoms with Crippen LogP contribution in [0.15, 0.2) is 24.4 Å². The first-order valence-corrected chi connectivity index (χ1v) is 9.82. The molecular weight excluding hydrogens is 338 g/mol. The molecule has 0 radical (unpaired) electrons. The van der Waals surface area contributed by atoms with E-state index in [9.17, 15) is 0 Å². The number of nitrogens with zero attached hydrogens (tertiary/aromatic N) is 7. The first-order valence-electron chi connectivity index (χ1n) is 9.82. The molecule has 5 heterocycles.